The summed E-state index contributed by atoms with van der Waals surface area (Å²) in [4.78, 5) is 4.29. The zero-order valence-electron chi connectivity index (χ0n) is 24.0. The van der Waals surface area contributed by atoms with E-state index in [1.54, 1.807) is 4.31 Å². The molecule has 7 rings (SSSR count). The average molecular weight is 592 g/mol. The van der Waals surface area contributed by atoms with Gasteiger partial charge in [-0.05, 0) is 53.1 Å². The van der Waals surface area contributed by atoms with E-state index >= 15 is 0 Å². The van der Waals surface area contributed by atoms with Crippen LogP contribution < -0.4 is 5.73 Å². The van der Waals surface area contributed by atoms with Crippen LogP contribution >= 0.6 is 0 Å². The van der Waals surface area contributed by atoms with Crippen molar-refractivity contribution in [3.05, 3.63) is 114 Å². The molecule has 9 nitrogen and oxygen atoms in total. The summed E-state index contributed by atoms with van der Waals surface area (Å²) in [6.45, 7) is 1.85. The van der Waals surface area contributed by atoms with Crippen molar-refractivity contribution in [1.82, 2.24) is 28.7 Å². The Morgan fingerprint density at radius 2 is 1.79 bits per heavy atom. The Kier molecular flexibility index (Phi) is 6.95. The first-order valence-electron chi connectivity index (χ1n) is 14.5. The van der Waals surface area contributed by atoms with Gasteiger partial charge in [0.05, 0.1) is 18.3 Å². The number of nitrogen functional groups attached to an aromatic ring is 1. The lowest BCUT2D eigenvalue weighted by Crippen LogP contribution is -2.38. The summed E-state index contributed by atoms with van der Waals surface area (Å²) in [6, 6.07) is 27.3. The Morgan fingerprint density at radius 1 is 0.977 bits per heavy atom. The molecule has 1 atom stereocenters. The van der Waals surface area contributed by atoms with Crippen LogP contribution in [-0.2, 0) is 23.0 Å². The molecule has 0 spiro atoms. The highest BCUT2D eigenvalue weighted by Crippen LogP contribution is 2.33. The molecule has 43 heavy (non-hydrogen) atoms. The summed E-state index contributed by atoms with van der Waals surface area (Å²) >= 11 is 0. The molecule has 218 valence electrons. The standard InChI is InChI=1S/C33H33N7O2S/c1-43(41,42)39-15-5-8-27(21-39)25-11-9-23(10-12-25)16-29-18-30(32-33(34)35-22-36-40(29)32)26-13-14-28-20-38(37-31(28)17-26)19-24-6-3-2-4-7-24/h2-4,6-7,9-14,17-18,20,22,27H,5,8,15-16,19,21H2,1H3,(H2,34,35,36). The normalized spacial score (nSPS) is 16.3. The minimum atomic E-state index is -3.18. The second kappa shape index (κ2) is 10.9. The van der Waals surface area contributed by atoms with E-state index < -0.39 is 10.0 Å². The van der Waals surface area contributed by atoms with Crippen LogP contribution in [0.5, 0.6) is 0 Å². The second-order valence-electron chi connectivity index (χ2n) is 11.4. The van der Waals surface area contributed by atoms with Crippen LogP contribution in [0.25, 0.3) is 27.5 Å². The topological polar surface area (TPSA) is 111 Å². The quantitative estimate of drug-likeness (QED) is 0.276. The van der Waals surface area contributed by atoms with Crippen LogP contribution in [0.1, 0.15) is 41.1 Å². The third-order valence-electron chi connectivity index (χ3n) is 8.40. The van der Waals surface area contributed by atoms with Crippen molar-refractivity contribution in [3.63, 3.8) is 0 Å². The Balaban J connectivity index is 1.17. The lowest BCUT2D eigenvalue weighted by molar-refractivity contribution is 0.317. The number of hydrogen-bond acceptors (Lipinski definition) is 6. The monoisotopic (exact) mass is 591 g/mol. The molecule has 1 unspecified atom stereocenters. The number of sulfonamides is 1. The molecule has 0 amide bonds. The Labute approximate surface area is 250 Å². The minimum Gasteiger partial charge on any atom is -0.382 e. The number of fused-ring (bicyclic) bond motifs is 2. The van der Waals surface area contributed by atoms with Gasteiger partial charge in [0.2, 0.25) is 10.0 Å². The Bertz CT molecular complexity index is 2030. The van der Waals surface area contributed by atoms with E-state index in [4.69, 9.17) is 10.8 Å². The number of anilines is 1. The summed E-state index contributed by atoms with van der Waals surface area (Å²) in [5.74, 6) is 0.630. The SMILES string of the molecule is CS(=O)(=O)N1CCCC(c2ccc(Cc3cc(-c4ccc5cn(Cc6ccccc6)nc5c4)c4c(N)ncnn34)cc2)C1. The summed E-state index contributed by atoms with van der Waals surface area (Å²) in [5, 5.41) is 10.5. The largest absolute Gasteiger partial charge is 0.382 e. The van der Waals surface area contributed by atoms with E-state index in [1.807, 2.05) is 27.4 Å². The maximum atomic E-state index is 12.1. The average Bonchev–Trinajstić information content (AvgIpc) is 3.59. The lowest BCUT2D eigenvalue weighted by Gasteiger charge is -2.31. The molecule has 0 bridgehead atoms. The zero-order valence-corrected chi connectivity index (χ0v) is 24.8. The van der Waals surface area contributed by atoms with Crippen molar-refractivity contribution >= 4 is 32.3 Å². The molecular formula is C33H33N7O2S. The number of hydrogen-bond donors (Lipinski definition) is 1. The van der Waals surface area contributed by atoms with E-state index in [9.17, 15) is 8.42 Å². The van der Waals surface area contributed by atoms with Gasteiger partial charge in [-0.1, -0.05) is 66.7 Å². The van der Waals surface area contributed by atoms with Crippen LogP contribution in [0.15, 0.2) is 91.4 Å². The van der Waals surface area contributed by atoms with Crippen molar-refractivity contribution in [1.29, 1.82) is 0 Å². The number of nitrogens with zero attached hydrogens (tertiary/aromatic N) is 6. The molecule has 1 aliphatic rings. The van der Waals surface area contributed by atoms with Gasteiger partial charge in [-0.25, -0.2) is 22.2 Å². The molecule has 1 aliphatic heterocycles. The van der Waals surface area contributed by atoms with Crippen molar-refractivity contribution in [2.24, 2.45) is 0 Å². The summed E-state index contributed by atoms with van der Waals surface area (Å²) in [7, 11) is -3.18. The first kappa shape index (κ1) is 27.3. The summed E-state index contributed by atoms with van der Waals surface area (Å²) < 4.78 is 29.6. The molecule has 3 aromatic heterocycles. The molecule has 0 radical (unpaired) electrons. The molecule has 1 fully saturated rings. The van der Waals surface area contributed by atoms with Gasteiger partial charge in [0.1, 0.15) is 11.8 Å². The minimum absolute atomic E-state index is 0.205. The van der Waals surface area contributed by atoms with Gasteiger partial charge in [-0.15, -0.1) is 0 Å². The molecule has 0 aliphatic carbocycles. The van der Waals surface area contributed by atoms with Crippen LogP contribution in [0, 0.1) is 0 Å². The number of nitrogens with two attached hydrogens (primary N) is 1. The van der Waals surface area contributed by atoms with Gasteiger partial charge < -0.3 is 5.73 Å². The van der Waals surface area contributed by atoms with Gasteiger partial charge in [-0.3, -0.25) is 4.68 Å². The summed E-state index contributed by atoms with van der Waals surface area (Å²) in [5.41, 5.74) is 14.6. The van der Waals surface area contributed by atoms with Gasteiger partial charge in [0.25, 0.3) is 0 Å². The highest BCUT2D eigenvalue weighted by Gasteiger charge is 2.27. The third kappa shape index (κ3) is 5.51. The fourth-order valence-corrected chi connectivity index (χ4v) is 7.11. The number of piperidine rings is 1. The molecule has 4 heterocycles. The number of aromatic nitrogens is 5. The maximum absolute atomic E-state index is 12.1. The van der Waals surface area contributed by atoms with Crippen LogP contribution in [0.2, 0.25) is 0 Å². The van der Waals surface area contributed by atoms with Crippen LogP contribution in [0.4, 0.5) is 5.82 Å². The van der Waals surface area contributed by atoms with Crippen LogP contribution in [0.3, 0.4) is 0 Å². The molecule has 3 aromatic carbocycles. The smallest absolute Gasteiger partial charge is 0.211 e. The number of rotatable bonds is 7. The van der Waals surface area contributed by atoms with Crippen molar-refractivity contribution in [2.45, 2.75) is 31.7 Å². The molecular weight excluding hydrogens is 558 g/mol. The highest BCUT2D eigenvalue weighted by molar-refractivity contribution is 7.88. The fraction of sp³-hybridized carbons (Fsp3) is 0.242. The van der Waals surface area contributed by atoms with Crippen LogP contribution in [-0.4, -0.2) is 56.4 Å². The number of benzene rings is 3. The molecule has 1 saturated heterocycles. The van der Waals surface area contributed by atoms with Gasteiger partial charge in [-0.2, -0.15) is 10.2 Å². The predicted octanol–water partition coefficient (Wildman–Crippen LogP) is 5.11. The van der Waals surface area contributed by atoms with E-state index in [0.717, 1.165) is 51.6 Å². The third-order valence-corrected chi connectivity index (χ3v) is 9.67. The lowest BCUT2D eigenvalue weighted by atomic mass is 9.91. The molecule has 0 saturated carbocycles. The first-order valence-corrected chi connectivity index (χ1v) is 16.3. The van der Waals surface area contributed by atoms with E-state index in [0.29, 0.717) is 31.9 Å². The van der Waals surface area contributed by atoms with Gasteiger partial charge in [0.15, 0.2) is 5.82 Å². The van der Waals surface area contributed by atoms with Gasteiger partial charge in [0, 0.05) is 42.4 Å². The molecule has 2 N–H and O–H groups in total. The summed E-state index contributed by atoms with van der Waals surface area (Å²) in [6.07, 6.45) is 7.38. The predicted molar refractivity (Wildman–Crippen MR) is 169 cm³/mol. The van der Waals surface area contributed by atoms with E-state index in [2.05, 4.69) is 76.9 Å². The van der Waals surface area contributed by atoms with E-state index in [1.165, 1.54) is 23.7 Å². The molecule has 10 heteroatoms. The van der Waals surface area contributed by atoms with Crippen molar-refractivity contribution in [3.8, 4) is 11.1 Å². The second-order valence-corrected chi connectivity index (χ2v) is 13.4. The first-order chi connectivity index (χ1) is 20.8. The van der Waals surface area contributed by atoms with Gasteiger partial charge >= 0.3 is 0 Å². The van der Waals surface area contributed by atoms with Crippen molar-refractivity contribution < 1.29 is 8.42 Å². The Morgan fingerprint density at radius 3 is 2.58 bits per heavy atom. The maximum Gasteiger partial charge on any atom is 0.211 e. The Hall–Kier alpha value is -4.54. The zero-order chi connectivity index (χ0) is 29.6. The highest BCUT2D eigenvalue weighted by atomic mass is 32.2. The van der Waals surface area contributed by atoms with E-state index in [-0.39, 0.29) is 5.92 Å². The van der Waals surface area contributed by atoms with Crippen molar-refractivity contribution in [2.75, 3.05) is 25.1 Å². The molecule has 6 aromatic rings. The fourth-order valence-electron chi connectivity index (χ4n) is 6.20.